The average molecular weight is 415 g/mol. The fourth-order valence-electron chi connectivity index (χ4n) is 3.61. The summed E-state index contributed by atoms with van der Waals surface area (Å²) in [5.74, 6) is 0.332. The number of hydrogen-bond donors (Lipinski definition) is 1. The molecule has 4 rings (SSSR count). The Balaban J connectivity index is 1.62. The highest BCUT2D eigenvalue weighted by Gasteiger charge is 2.31. The van der Waals surface area contributed by atoms with Gasteiger partial charge >= 0.3 is 0 Å². The van der Waals surface area contributed by atoms with Gasteiger partial charge in [0.1, 0.15) is 5.75 Å². The fraction of sp³-hybridized carbons (Fsp3) is 0.231. The Hall–Kier alpha value is -3.60. The van der Waals surface area contributed by atoms with Gasteiger partial charge in [-0.2, -0.15) is 0 Å². The normalized spacial score (nSPS) is 15.3. The Morgan fingerprint density at radius 1 is 0.968 bits per heavy atom. The first kappa shape index (κ1) is 20.7. The molecule has 31 heavy (non-hydrogen) atoms. The number of nitrogens with zero attached hydrogens (tertiary/aromatic N) is 1. The van der Waals surface area contributed by atoms with Crippen LogP contribution in [0.5, 0.6) is 5.75 Å². The van der Waals surface area contributed by atoms with Crippen molar-refractivity contribution in [2.75, 3.05) is 10.2 Å². The molecule has 0 aromatic heterocycles. The number of anilines is 2. The Kier molecular flexibility index (Phi) is 5.51. The zero-order valence-electron chi connectivity index (χ0n) is 18.2. The zero-order valence-corrected chi connectivity index (χ0v) is 18.2. The summed E-state index contributed by atoms with van der Waals surface area (Å²) in [6.07, 6.45) is -0.561. The zero-order chi connectivity index (χ0) is 22.1. The number of rotatable bonds is 4. The van der Waals surface area contributed by atoms with E-state index in [9.17, 15) is 9.59 Å². The molecule has 1 N–H and O–H groups in total. The number of carbonyl (C=O) groups is 2. The first-order chi connectivity index (χ1) is 14.8. The van der Waals surface area contributed by atoms with Crippen LogP contribution >= 0.6 is 0 Å². The molecule has 0 saturated heterocycles. The van der Waals surface area contributed by atoms with E-state index in [1.54, 1.807) is 30.0 Å². The van der Waals surface area contributed by atoms with E-state index in [-0.39, 0.29) is 11.8 Å². The number of hydrogen-bond acceptors (Lipinski definition) is 3. The lowest BCUT2D eigenvalue weighted by Crippen LogP contribution is -2.44. The molecule has 0 aliphatic carbocycles. The van der Waals surface area contributed by atoms with Gasteiger partial charge in [-0.15, -0.1) is 0 Å². The maximum atomic E-state index is 12.9. The Morgan fingerprint density at radius 3 is 2.42 bits per heavy atom. The SMILES string of the molecule is Cc1ccc(CN2C(=O)C(C)Oc3ccc(NC(=O)c4ccc(C)c(C)c4)cc32)cc1. The second kappa shape index (κ2) is 8.26. The summed E-state index contributed by atoms with van der Waals surface area (Å²) in [7, 11) is 0. The lowest BCUT2D eigenvalue weighted by atomic mass is 10.1. The molecule has 0 fully saturated rings. The van der Waals surface area contributed by atoms with Gasteiger partial charge in [-0.1, -0.05) is 35.9 Å². The minimum atomic E-state index is -0.561. The smallest absolute Gasteiger partial charge is 0.268 e. The molecule has 5 nitrogen and oxygen atoms in total. The molecule has 1 aliphatic heterocycles. The summed E-state index contributed by atoms with van der Waals surface area (Å²) in [4.78, 5) is 27.4. The van der Waals surface area contributed by atoms with Gasteiger partial charge in [-0.05, 0) is 74.7 Å². The van der Waals surface area contributed by atoms with Crippen molar-refractivity contribution in [3.63, 3.8) is 0 Å². The number of benzene rings is 3. The molecule has 0 spiro atoms. The minimum Gasteiger partial charge on any atom is -0.479 e. The van der Waals surface area contributed by atoms with Gasteiger partial charge in [-0.25, -0.2) is 0 Å². The Morgan fingerprint density at radius 2 is 1.71 bits per heavy atom. The lowest BCUT2D eigenvalue weighted by molar-refractivity contribution is -0.125. The van der Waals surface area contributed by atoms with Crippen LogP contribution in [0.3, 0.4) is 0 Å². The van der Waals surface area contributed by atoms with Crippen LogP contribution in [0.25, 0.3) is 0 Å². The lowest BCUT2D eigenvalue weighted by Gasteiger charge is -2.33. The average Bonchev–Trinajstić information content (AvgIpc) is 2.75. The molecule has 0 saturated carbocycles. The molecule has 1 aliphatic rings. The van der Waals surface area contributed by atoms with Crippen LogP contribution in [0.15, 0.2) is 60.7 Å². The molecular weight excluding hydrogens is 388 g/mol. The van der Waals surface area contributed by atoms with Crippen molar-refractivity contribution in [3.05, 3.63) is 88.5 Å². The molecule has 2 amide bonds. The number of carbonyl (C=O) groups excluding carboxylic acids is 2. The molecule has 0 radical (unpaired) electrons. The van der Waals surface area contributed by atoms with Crippen LogP contribution in [-0.2, 0) is 11.3 Å². The van der Waals surface area contributed by atoms with Crippen molar-refractivity contribution in [2.45, 2.75) is 40.3 Å². The van der Waals surface area contributed by atoms with Gasteiger partial charge in [0.25, 0.3) is 11.8 Å². The number of nitrogens with one attached hydrogen (secondary N) is 1. The number of ether oxygens (including phenoxy) is 1. The van der Waals surface area contributed by atoms with Crippen molar-refractivity contribution in [1.29, 1.82) is 0 Å². The van der Waals surface area contributed by atoms with E-state index < -0.39 is 6.10 Å². The Labute approximate surface area is 182 Å². The van der Waals surface area contributed by atoms with Gasteiger partial charge in [0.05, 0.1) is 12.2 Å². The van der Waals surface area contributed by atoms with Gasteiger partial charge in [0.2, 0.25) is 0 Å². The summed E-state index contributed by atoms with van der Waals surface area (Å²) < 4.78 is 5.80. The van der Waals surface area contributed by atoms with Crippen LogP contribution in [0.2, 0.25) is 0 Å². The van der Waals surface area contributed by atoms with E-state index in [1.807, 2.05) is 63.2 Å². The molecule has 0 bridgehead atoms. The maximum Gasteiger partial charge on any atom is 0.268 e. The topological polar surface area (TPSA) is 58.6 Å². The number of aryl methyl sites for hydroxylation is 3. The van der Waals surface area contributed by atoms with Crippen LogP contribution in [0.1, 0.15) is 39.5 Å². The van der Waals surface area contributed by atoms with Crippen molar-refractivity contribution in [1.82, 2.24) is 0 Å². The number of amides is 2. The quantitative estimate of drug-likeness (QED) is 0.640. The predicted molar refractivity (Wildman–Crippen MR) is 123 cm³/mol. The van der Waals surface area contributed by atoms with E-state index in [0.717, 1.165) is 16.7 Å². The predicted octanol–water partition coefficient (Wildman–Crippen LogP) is 5.18. The largest absolute Gasteiger partial charge is 0.479 e. The maximum absolute atomic E-state index is 12.9. The summed E-state index contributed by atoms with van der Waals surface area (Å²) in [5.41, 5.74) is 6.27. The second-order valence-electron chi connectivity index (χ2n) is 8.11. The highest BCUT2D eigenvalue weighted by molar-refractivity contribution is 6.06. The van der Waals surface area contributed by atoms with E-state index in [4.69, 9.17) is 4.74 Å². The minimum absolute atomic E-state index is 0.106. The Bertz CT molecular complexity index is 1150. The molecule has 1 heterocycles. The molecule has 1 unspecified atom stereocenters. The summed E-state index contributed by atoms with van der Waals surface area (Å²) in [5, 5.41) is 2.94. The number of fused-ring (bicyclic) bond motifs is 1. The highest BCUT2D eigenvalue weighted by atomic mass is 16.5. The van der Waals surface area contributed by atoms with Crippen molar-refractivity contribution >= 4 is 23.2 Å². The van der Waals surface area contributed by atoms with Gasteiger partial charge in [-0.3, -0.25) is 9.59 Å². The second-order valence-corrected chi connectivity index (χ2v) is 8.11. The van der Waals surface area contributed by atoms with Crippen LogP contribution in [0.4, 0.5) is 11.4 Å². The molecule has 158 valence electrons. The fourth-order valence-corrected chi connectivity index (χ4v) is 3.61. The van der Waals surface area contributed by atoms with E-state index in [0.29, 0.717) is 29.2 Å². The van der Waals surface area contributed by atoms with Crippen LogP contribution < -0.4 is 15.0 Å². The standard InChI is InChI=1S/C26H26N2O3/c1-16-5-8-20(9-6-16)15-28-23-14-22(11-12-24(23)31-19(4)26(28)30)27-25(29)21-10-7-17(2)18(3)13-21/h5-14,19H,15H2,1-4H3,(H,27,29). The summed E-state index contributed by atoms with van der Waals surface area (Å²) in [6.45, 7) is 8.22. The highest BCUT2D eigenvalue weighted by Crippen LogP contribution is 2.37. The molecule has 5 heteroatoms. The first-order valence-corrected chi connectivity index (χ1v) is 10.4. The van der Waals surface area contributed by atoms with Gasteiger partial charge in [0.15, 0.2) is 6.10 Å². The molecular formula is C26H26N2O3. The first-order valence-electron chi connectivity index (χ1n) is 10.4. The summed E-state index contributed by atoms with van der Waals surface area (Å²) >= 11 is 0. The molecule has 3 aromatic carbocycles. The van der Waals surface area contributed by atoms with Gasteiger partial charge in [0, 0.05) is 11.3 Å². The van der Waals surface area contributed by atoms with Crippen LogP contribution in [0, 0.1) is 20.8 Å². The van der Waals surface area contributed by atoms with Crippen molar-refractivity contribution < 1.29 is 14.3 Å². The molecule has 3 aromatic rings. The monoisotopic (exact) mass is 414 g/mol. The van der Waals surface area contributed by atoms with E-state index in [2.05, 4.69) is 5.32 Å². The van der Waals surface area contributed by atoms with Crippen LogP contribution in [-0.4, -0.2) is 17.9 Å². The summed E-state index contributed by atoms with van der Waals surface area (Å²) in [6, 6.07) is 19.1. The van der Waals surface area contributed by atoms with E-state index in [1.165, 1.54) is 5.56 Å². The third-order valence-electron chi connectivity index (χ3n) is 5.66. The van der Waals surface area contributed by atoms with Gasteiger partial charge < -0.3 is 15.0 Å². The van der Waals surface area contributed by atoms with Crippen molar-refractivity contribution in [3.8, 4) is 5.75 Å². The van der Waals surface area contributed by atoms with Crippen molar-refractivity contribution in [2.24, 2.45) is 0 Å². The third-order valence-corrected chi connectivity index (χ3v) is 5.66. The van der Waals surface area contributed by atoms with E-state index >= 15 is 0 Å². The third kappa shape index (κ3) is 4.31. The molecule has 1 atom stereocenters.